The van der Waals surface area contributed by atoms with Gasteiger partial charge in [0.15, 0.2) is 0 Å². The van der Waals surface area contributed by atoms with Gasteiger partial charge in [-0.25, -0.2) is 9.97 Å². The SMILES string of the molecule is COc1cc(C#CCCCC(=O)N[C@H](C(=O)N2C[C@H](O)C[C@H]2C(=O)NCc2ccc(-c3scnc3C)cc2)C(C)(C)C)ccc1NC(=O)c1cccc(-c2cc[nH]n2)n1. The van der Waals surface area contributed by atoms with Gasteiger partial charge in [0.25, 0.3) is 5.91 Å². The monoisotopic (exact) mass is 816 g/mol. The lowest BCUT2D eigenvalue weighted by Crippen LogP contribution is -2.57. The van der Waals surface area contributed by atoms with Crippen molar-refractivity contribution in [3.05, 3.63) is 101 Å². The molecular weight excluding hydrogens is 769 g/mol. The standard InChI is InChI=1S/C44H48N8O6S/c1-27-39(59-26-46-27)30-17-14-29(15-18-30)24-45-42(56)36-23-31(53)25-52(36)43(57)40(44(2,3)4)50-38(54)13-8-6-7-10-28-16-19-34(37(22-28)58-5)49-41(55)35-12-9-11-32(48-35)33-20-21-47-51-33/h9,11-12,14-22,26,31,36,40,53H,6,8,13,23-25H2,1-5H3,(H,45,56)(H,47,51)(H,49,55)(H,50,54)/t31-,36+,40-/m1/s1. The zero-order valence-corrected chi connectivity index (χ0v) is 34.5. The van der Waals surface area contributed by atoms with E-state index in [1.807, 2.05) is 57.5 Å². The van der Waals surface area contributed by atoms with Crippen molar-refractivity contribution in [2.75, 3.05) is 19.0 Å². The van der Waals surface area contributed by atoms with E-state index < -0.39 is 35.4 Å². The van der Waals surface area contributed by atoms with Crippen LogP contribution in [0.15, 0.2) is 78.4 Å². The number of rotatable bonds is 13. The quantitative estimate of drug-likeness (QED) is 0.0755. The Balaban J connectivity index is 0.995. The Morgan fingerprint density at radius 1 is 1.07 bits per heavy atom. The van der Waals surface area contributed by atoms with E-state index in [2.05, 4.69) is 48.0 Å². The van der Waals surface area contributed by atoms with Crippen molar-refractivity contribution in [3.8, 4) is 39.4 Å². The maximum absolute atomic E-state index is 14.0. The molecule has 3 atom stereocenters. The molecule has 0 unspecified atom stereocenters. The average molecular weight is 817 g/mol. The summed E-state index contributed by atoms with van der Waals surface area (Å²) in [4.78, 5) is 64.8. The number of aromatic nitrogens is 4. The largest absolute Gasteiger partial charge is 0.495 e. The number of unbranched alkanes of at least 4 members (excludes halogenated alkanes) is 1. The number of methoxy groups -OCH3 is 1. The van der Waals surface area contributed by atoms with E-state index in [1.165, 1.54) is 12.0 Å². The lowest BCUT2D eigenvalue weighted by atomic mass is 9.85. The lowest BCUT2D eigenvalue weighted by molar-refractivity contribution is -0.144. The maximum Gasteiger partial charge on any atom is 0.274 e. The van der Waals surface area contributed by atoms with Crippen molar-refractivity contribution in [1.82, 2.24) is 35.7 Å². The van der Waals surface area contributed by atoms with Crippen LogP contribution in [0.5, 0.6) is 5.75 Å². The third-order valence-corrected chi connectivity index (χ3v) is 10.8. The number of nitrogens with zero attached hydrogens (tertiary/aromatic N) is 4. The first-order valence-electron chi connectivity index (χ1n) is 19.3. The number of hydrogen-bond donors (Lipinski definition) is 5. The van der Waals surface area contributed by atoms with Gasteiger partial charge in [0.2, 0.25) is 17.7 Å². The number of β-amino-alcohol motifs (C(OH)–C–C–N with tert-alkyl or cyclic N) is 1. The Labute approximate surface area is 347 Å². The molecule has 1 saturated heterocycles. The zero-order valence-electron chi connectivity index (χ0n) is 33.7. The summed E-state index contributed by atoms with van der Waals surface area (Å²) >= 11 is 1.57. The van der Waals surface area contributed by atoms with E-state index in [0.29, 0.717) is 41.2 Å². The highest BCUT2D eigenvalue weighted by atomic mass is 32.1. The molecule has 5 aromatic rings. The Bertz CT molecular complexity index is 2340. The number of likely N-dealkylation sites (tertiary alicyclic amines) is 1. The average Bonchev–Trinajstić information content (AvgIpc) is 4.01. The van der Waals surface area contributed by atoms with Gasteiger partial charge >= 0.3 is 0 Å². The van der Waals surface area contributed by atoms with Gasteiger partial charge in [0.1, 0.15) is 29.2 Å². The Morgan fingerprint density at radius 2 is 1.86 bits per heavy atom. The van der Waals surface area contributed by atoms with Crippen LogP contribution in [0, 0.1) is 24.2 Å². The van der Waals surface area contributed by atoms with Crippen LogP contribution in [-0.2, 0) is 20.9 Å². The fraction of sp³-hybridized carbons (Fsp3) is 0.341. The van der Waals surface area contributed by atoms with Gasteiger partial charge in [-0.2, -0.15) is 5.10 Å². The molecule has 0 aliphatic carbocycles. The van der Waals surface area contributed by atoms with Gasteiger partial charge in [0, 0.05) is 44.1 Å². The summed E-state index contributed by atoms with van der Waals surface area (Å²) in [6.07, 6.45) is 1.90. The molecule has 1 fully saturated rings. The van der Waals surface area contributed by atoms with Crippen LogP contribution in [0.2, 0.25) is 0 Å². The van der Waals surface area contributed by atoms with E-state index >= 15 is 0 Å². The van der Waals surface area contributed by atoms with Crippen LogP contribution in [0.3, 0.4) is 0 Å². The molecule has 1 aliphatic heterocycles. The number of hydrogen-bond acceptors (Lipinski definition) is 10. The first-order chi connectivity index (χ1) is 28.3. The number of pyridine rings is 1. The number of aliphatic hydroxyl groups is 1. The number of carbonyl (C=O) groups excluding carboxylic acids is 4. The van der Waals surface area contributed by atoms with Crippen molar-refractivity contribution < 1.29 is 29.0 Å². The molecule has 59 heavy (non-hydrogen) atoms. The molecule has 4 heterocycles. The third-order valence-electron chi connectivity index (χ3n) is 9.84. The number of carbonyl (C=O) groups is 4. The minimum Gasteiger partial charge on any atom is -0.495 e. The summed E-state index contributed by atoms with van der Waals surface area (Å²) in [7, 11) is 1.50. The predicted molar refractivity (Wildman–Crippen MR) is 225 cm³/mol. The molecular formula is C44H48N8O6S. The molecule has 0 saturated carbocycles. The highest BCUT2D eigenvalue weighted by Gasteiger charge is 2.44. The normalized spacial score (nSPS) is 15.5. The van der Waals surface area contributed by atoms with Crippen molar-refractivity contribution in [3.63, 3.8) is 0 Å². The van der Waals surface area contributed by atoms with Crippen LogP contribution in [0.4, 0.5) is 5.69 Å². The number of nitrogens with one attached hydrogen (secondary N) is 4. The first-order valence-corrected chi connectivity index (χ1v) is 20.2. The predicted octanol–water partition coefficient (Wildman–Crippen LogP) is 5.50. The molecule has 14 nitrogen and oxygen atoms in total. The summed E-state index contributed by atoms with van der Waals surface area (Å²) in [5.41, 5.74) is 6.56. The second kappa shape index (κ2) is 18.9. The van der Waals surface area contributed by atoms with E-state index in [0.717, 1.165) is 21.7 Å². The second-order valence-corrected chi connectivity index (χ2v) is 16.2. The fourth-order valence-electron chi connectivity index (χ4n) is 6.68. The summed E-state index contributed by atoms with van der Waals surface area (Å²) in [6, 6.07) is 18.1. The van der Waals surface area contributed by atoms with Gasteiger partial charge < -0.3 is 30.7 Å². The number of aryl methyl sites for hydroxylation is 1. The molecule has 2 aromatic carbocycles. The van der Waals surface area contributed by atoms with E-state index in [-0.39, 0.29) is 43.4 Å². The van der Waals surface area contributed by atoms with Crippen molar-refractivity contribution in [1.29, 1.82) is 0 Å². The van der Waals surface area contributed by atoms with Crippen molar-refractivity contribution in [2.24, 2.45) is 5.41 Å². The van der Waals surface area contributed by atoms with Crippen LogP contribution in [0.25, 0.3) is 21.8 Å². The summed E-state index contributed by atoms with van der Waals surface area (Å²) < 4.78 is 5.52. The molecule has 306 valence electrons. The second-order valence-electron chi connectivity index (χ2n) is 15.3. The molecule has 4 amide bonds. The summed E-state index contributed by atoms with van der Waals surface area (Å²) in [6.45, 7) is 7.77. The molecule has 0 bridgehead atoms. The molecule has 15 heteroatoms. The fourth-order valence-corrected chi connectivity index (χ4v) is 7.49. The Morgan fingerprint density at radius 3 is 2.56 bits per heavy atom. The van der Waals surface area contributed by atoms with Gasteiger partial charge in [0.05, 0.1) is 40.7 Å². The van der Waals surface area contributed by atoms with Crippen molar-refractivity contribution in [2.45, 2.75) is 78.1 Å². The first kappa shape index (κ1) is 42.2. The van der Waals surface area contributed by atoms with Crippen LogP contribution < -0.4 is 20.7 Å². The number of thiazole rings is 1. The summed E-state index contributed by atoms with van der Waals surface area (Å²) in [5.74, 6) is 5.07. The zero-order chi connectivity index (χ0) is 42.1. The smallest absolute Gasteiger partial charge is 0.274 e. The number of ether oxygens (including phenoxy) is 1. The van der Waals surface area contributed by atoms with E-state index in [4.69, 9.17) is 4.74 Å². The minimum atomic E-state index is -0.924. The van der Waals surface area contributed by atoms with E-state index in [9.17, 15) is 24.3 Å². The van der Waals surface area contributed by atoms with Gasteiger partial charge in [-0.15, -0.1) is 11.3 Å². The number of aromatic amines is 1. The summed E-state index contributed by atoms with van der Waals surface area (Å²) in [5, 5.41) is 26.1. The van der Waals surface area contributed by atoms with E-state index in [1.54, 1.807) is 60.0 Å². The molecule has 0 radical (unpaired) electrons. The lowest BCUT2D eigenvalue weighted by Gasteiger charge is -2.35. The minimum absolute atomic E-state index is 0.00629. The Hall–Kier alpha value is -6.37. The Kier molecular flexibility index (Phi) is 13.5. The number of amides is 4. The highest BCUT2D eigenvalue weighted by molar-refractivity contribution is 7.13. The van der Waals surface area contributed by atoms with Gasteiger partial charge in [-0.3, -0.25) is 24.3 Å². The molecule has 6 rings (SSSR count). The van der Waals surface area contributed by atoms with Crippen LogP contribution >= 0.6 is 11.3 Å². The van der Waals surface area contributed by atoms with Gasteiger partial charge in [-0.05, 0) is 66.3 Å². The van der Waals surface area contributed by atoms with Crippen molar-refractivity contribution >= 4 is 40.7 Å². The number of anilines is 1. The number of H-pyrrole nitrogens is 1. The highest BCUT2D eigenvalue weighted by Crippen LogP contribution is 2.29. The van der Waals surface area contributed by atoms with Gasteiger partial charge in [-0.1, -0.05) is 62.9 Å². The van der Waals surface area contributed by atoms with Crippen LogP contribution in [-0.4, -0.2) is 85.6 Å². The number of aliphatic hydroxyl groups excluding tert-OH is 1. The molecule has 0 spiro atoms. The maximum atomic E-state index is 14.0. The van der Waals surface area contributed by atoms with Crippen LogP contribution in [0.1, 0.15) is 73.8 Å². The third kappa shape index (κ3) is 10.8. The molecule has 1 aliphatic rings. The molecule has 3 aromatic heterocycles. The topological polar surface area (TPSA) is 192 Å². The molecule has 5 N–H and O–H groups in total. The number of benzene rings is 2.